The number of benzene rings is 1. The fourth-order valence-electron chi connectivity index (χ4n) is 2.45. The third-order valence-corrected chi connectivity index (χ3v) is 5.74. The fourth-order valence-corrected chi connectivity index (χ4v) is 3.93. The summed E-state index contributed by atoms with van der Waals surface area (Å²) in [7, 11) is -3.53. The van der Waals surface area contributed by atoms with Crippen molar-refractivity contribution in [3.8, 4) is 0 Å². The van der Waals surface area contributed by atoms with Crippen molar-refractivity contribution in [2.75, 3.05) is 11.4 Å². The SMILES string of the molecule is Cc1cc(S(=O)(=O)N[C@@H](C)C(C)C)ccc1N1CCCC1=O. The number of sulfonamides is 1. The lowest BCUT2D eigenvalue weighted by Crippen LogP contribution is -2.36. The maximum Gasteiger partial charge on any atom is 0.240 e. The van der Waals surface area contributed by atoms with Crippen LogP contribution in [-0.4, -0.2) is 26.9 Å². The highest BCUT2D eigenvalue weighted by atomic mass is 32.2. The van der Waals surface area contributed by atoms with Crippen molar-refractivity contribution in [3.05, 3.63) is 23.8 Å². The molecule has 1 amide bonds. The Kier molecular flexibility index (Phi) is 4.92. The standard InChI is InChI=1S/C16H24N2O3S/c1-11(2)13(4)17-22(20,21)14-7-8-15(12(3)10-14)18-9-5-6-16(18)19/h7-8,10-11,13,17H,5-6,9H2,1-4H3/t13-/m0/s1. The number of rotatable bonds is 5. The lowest BCUT2D eigenvalue weighted by atomic mass is 10.1. The van der Waals surface area contributed by atoms with E-state index in [1.54, 1.807) is 23.1 Å². The monoisotopic (exact) mass is 324 g/mol. The summed E-state index contributed by atoms with van der Waals surface area (Å²) >= 11 is 0. The highest BCUT2D eigenvalue weighted by Crippen LogP contribution is 2.27. The molecule has 22 heavy (non-hydrogen) atoms. The number of anilines is 1. The molecular formula is C16H24N2O3S. The second-order valence-corrected chi connectivity index (χ2v) is 7.97. The Morgan fingerprint density at radius 2 is 1.91 bits per heavy atom. The molecule has 5 nitrogen and oxygen atoms in total. The normalized spacial score (nSPS) is 17.3. The van der Waals surface area contributed by atoms with Crippen LogP contribution in [0, 0.1) is 12.8 Å². The van der Waals surface area contributed by atoms with E-state index in [4.69, 9.17) is 0 Å². The van der Waals surface area contributed by atoms with E-state index in [0.29, 0.717) is 13.0 Å². The Morgan fingerprint density at radius 1 is 1.23 bits per heavy atom. The predicted octanol–water partition coefficient (Wildman–Crippen LogP) is 2.44. The highest BCUT2D eigenvalue weighted by molar-refractivity contribution is 7.89. The molecule has 1 aromatic carbocycles. The third-order valence-electron chi connectivity index (χ3n) is 4.18. The molecule has 1 aliphatic rings. The van der Waals surface area contributed by atoms with E-state index in [0.717, 1.165) is 17.7 Å². The molecule has 1 atom stereocenters. The molecule has 122 valence electrons. The number of amides is 1. The summed E-state index contributed by atoms with van der Waals surface area (Å²) in [6, 6.07) is 4.80. The summed E-state index contributed by atoms with van der Waals surface area (Å²) in [5.41, 5.74) is 1.61. The van der Waals surface area contributed by atoms with Crippen LogP contribution < -0.4 is 9.62 Å². The fraction of sp³-hybridized carbons (Fsp3) is 0.562. The number of carbonyl (C=O) groups is 1. The quantitative estimate of drug-likeness (QED) is 0.904. The molecular weight excluding hydrogens is 300 g/mol. The number of hydrogen-bond acceptors (Lipinski definition) is 3. The molecule has 1 saturated heterocycles. The van der Waals surface area contributed by atoms with Gasteiger partial charge in [0.2, 0.25) is 15.9 Å². The van der Waals surface area contributed by atoms with Crippen molar-refractivity contribution in [2.24, 2.45) is 5.92 Å². The zero-order valence-electron chi connectivity index (χ0n) is 13.6. The topological polar surface area (TPSA) is 66.5 Å². The van der Waals surface area contributed by atoms with E-state index >= 15 is 0 Å². The van der Waals surface area contributed by atoms with Crippen LogP contribution >= 0.6 is 0 Å². The van der Waals surface area contributed by atoms with Gasteiger partial charge in [0.1, 0.15) is 0 Å². The predicted molar refractivity (Wildman–Crippen MR) is 87.4 cm³/mol. The number of carbonyl (C=O) groups excluding carboxylic acids is 1. The first kappa shape index (κ1) is 17.0. The van der Waals surface area contributed by atoms with Crippen molar-refractivity contribution in [1.82, 2.24) is 4.72 Å². The Morgan fingerprint density at radius 3 is 2.41 bits per heavy atom. The van der Waals surface area contributed by atoms with E-state index < -0.39 is 10.0 Å². The van der Waals surface area contributed by atoms with Crippen LogP contribution in [0.5, 0.6) is 0 Å². The molecule has 0 aromatic heterocycles. The Labute approximate surface area is 132 Å². The van der Waals surface area contributed by atoms with Gasteiger partial charge < -0.3 is 4.90 Å². The summed E-state index contributed by atoms with van der Waals surface area (Å²) < 4.78 is 27.5. The molecule has 2 rings (SSSR count). The van der Waals surface area contributed by atoms with E-state index in [9.17, 15) is 13.2 Å². The van der Waals surface area contributed by atoms with Gasteiger partial charge in [0.05, 0.1) is 4.90 Å². The van der Waals surface area contributed by atoms with Crippen molar-refractivity contribution >= 4 is 21.6 Å². The van der Waals surface area contributed by atoms with Crippen LogP contribution in [0.15, 0.2) is 23.1 Å². The molecule has 0 radical (unpaired) electrons. The van der Waals surface area contributed by atoms with E-state index in [1.807, 2.05) is 27.7 Å². The molecule has 0 saturated carbocycles. The van der Waals surface area contributed by atoms with Crippen LogP contribution in [0.2, 0.25) is 0 Å². The van der Waals surface area contributed by atoms with Crippen LogP contribution in [0.3, 0.4) is 0 Å². The van der Waals surface area contributed by atoms with Gasteiger partial charge in [-0.05, 0) is 49.9 Å². The number of nitrogens with zero attached hydrogens (tertiary/aromatic N) is 1. The first-order chi connectivity index (χ1) is 10.2. The summed E-state index contributed by atoms with van der Waals surface area (Å²) in [6.45, 7) is 8.34. The lowest BCUT2D eigenvalue weighted by molar-refractivity contribution is -0.117. The molecule has 0 bridgehead atoms. The van der Waals surface area contributed by atoms with Crippen LogP contribution in [0.4, 0.5) is 5.69 Å². The van der Waals surface area contributed by atoms with Gasteiger partial charge in [-0.1, -0.05) is 13.8 Å². The zero-order valence-corrected chi connectivity index (χ0v) is 14.4. The van der Waals surface area contributed by atoms with Crippen LogP contribution in [0.1, 0.15) is 39.2 Å². The zero-order chi connectivity index (χ0) is 16.5. The summed E-state index contributed by atoms with van der Waals surface area (Å²) in [5.74, 6) is 0.322. The molecule has 1 aromatic rings. The van der Waals surface area contributed by atoms with Crippen molar-refractivity contribution in [3.63, 3.8) is 0 Å². The average Bonchev–Trinajstić information content (AvgIpc) is 2.84. The number of nitrogens with one attached hydrogen (secondary N) is 1. The second-order valence-electron chi connectivity index (χ2n) is 6.25. The molecule has 1 heterocycles. The van der Waals surface area contributed by atoms with Crippen molar-refractivity contribution < 1.29 is 13.2 Å². The second kappa shape index (κ2) is 6.38. The van der Waals surface area contributed by atoms with Gasteiger partial charge in [0.15, 0.2) is 0 Å². The summed E-state index contributed by atoms with van der Waals surface area (Å²) in [5, 5.41) is 0. The molecule has 1 fully saturated rings. The van der Waals surface area contributed by atoms with E-state index in [1.165, 1.54) is 0 Å². The summed E-state index contributed by atoms with van der Waals surface area (Å²) in [4.78, 5) is 13.8. The first-order valence-corrected chi connectivity index (χ1v) is 9.14. The first-order valence-electron chi connectivity index (χ1n) is 7.65. The molecule has 6 heteroatoms. The van der Waals surface area contributed by atoms with Gasteiger partial charge in [0.25, 0.3) is 0 Å². The molecule has 0 spiro atoms. The third kappa shape index (κ3) is 3.50. The van der Waals surface area contributed by atoms with Crippen LogP contribution in [-0.2, 0) is 14.8 Å². The maximum atomic E-state index is 12.4. The van der Waals surface area contributed by atoms with E-state index in [2.05, 4.69) is 4.72 Å². The van der Waals surface area contributed by atoms with Gasteiger partial charge in [-0.3, -0.25) is 4.79 Å². The van der Waals surface area contributed by atoms with Crippen molar-refractivity contribution in [1.29, 1.82) is 0 Å². The van der Waals surface area contributed by atoms with Gasteiger partial charge in [-0.2, -0.15) is 0 Å². The highest BCUT2D eigenvalue weighted by Gasteiger charge is 2.25. The Balaban J connectivity index is 2.27. The lowest BCUT2D eigenvalue weighted by Gasteiger charge is -2.20. The minimum Gasteiger partial charge on any atom is -0.312 e. The minimum absolute atomic E-state index is 0.102. The van der Waals surface area contributed by atoms with Crippen LogP contribution in [0.25, 0.3) is 0 Å². The van der Waals surface area contributed by atoms with Gasteiger partial charge in [-0.25, -0.2) is 13.1 Å². The van der Waals surface area contributed by atoms with Gasteiger partial charge >= 0.3 is 0 Å². The minimum atomic E-state index is -3.53. The molecule has 1 aliphatic heterocycles. The van der Waals surface area contributed by atoms with Crippen molar-refractivity contribution in [2.45, 2.75) is 51.5 Å². The summed E-state index contributed by atoms with van der Waals surface area (Å²) in [6.07, 6.45) is 1.42. The molecule has 1 N–H and O–H groups in total. The largest absolute Gasteiger partial charge is 0.312 e. The molecule has 0 unspecified atom stereocenters. The number of hydrogen-bond donors (Lipinski definition) is 1. The smallest absolute Gasteiger partial charge is 0.240 e. The number of aryl methyl sites for hydroxylation is 1. The van der Waals surface area contributed by atoms with Gasteiger partial charge in [-0.15, -0.1) is 0 Å². The Hall–Kier alpha value is -1.40. The van der Waals surface area contributed by atoms with Gasteiger partial charge in [0, 0.05) is 24.7 Å². The average molecular weight is 324 g/mol. The maximum absolute atomic E-state index is 12.4. The Bertz CT molecular complexity index is 668. The molecule has 0 aliphatic carbocycles. The van der Waals surface area contributed by atoms with E-state index in [-0.39, 0.29) is 22.8 Å².